The molecule has 0 amide bonds. The Balaban J connectivity index is 1.94. The zero-order chi connectivity index (χ0) is 11.4. The van der Waals surface area contributed by atoms with E-state index in [9.17, 15) is 0 Å². The molecule has 0 saturated heterocycles. The zero-order valence-electron chi connectivity index (χ0n) is 9.34. The molecule has 1 unspecified atom stereocenters. The molecule has 4 nitrogen and oxygen atoms in total. The van der Waals surface area contributed by atoms with Crippen molar-refractivity contribution < 1.29 is 0 Å². The Morgan fingerprint density at radius 1 is 1.38 bits per heavy atom. The summed E-state index contributed by atoms with van der Waals surface area (Å²) in [5.41, 5.74) is 3.94. The summed E-state index contributed by atoms with van der Waals surface area (Å²) in [5.74, 6) is 0. The lowest BCUT2D eigenvalue weighted by atomic mass is 10.2. The molecule has 2 heterocycles. The van der Waals surface area contributed by atoms with E-state index in [-0.39, 0.29) is 6.04 Å². The molecule has 0 aliphatic rings. The van der Waals surface area contributed by atoms with E-state index < -0.39 is 0 Å². The normalized spacial score (nSPS) is 12.6. The second-order valence-corrected chi connectivity index (χ2v) is 4.53. The van der Waals surface area contributed by atoms with Gasteiger partial charge in [-0.15, -0.1) is 11.3 Å². The molecule has 84 valence electrons. The van der Waals surface area contributed by atoms with E-state index in [1.807, 2.05) is 12.4 Å². The summed E-state index contributed by atoms with van der Waals surface area (Å²) >= 11 is 1.68. The average molecular weight is 234 g/mol. The summed E-state index contributed by atoms with van der Waals surface area (Å²) in [7, 11) is 0. The number of hydrogen-bond donors (Lipinski definition) is 1. The van der Waals surface area contributed by atoms with Crippen LogP contribution in [0.5, 0.6) is 0 Å². The van der Waals surface area contributed by atoms with Gasteiger partial charge in [0.1, 0.15) is 0 Å². The maximum atomic E-state index is 4.26. The van der Waals surface area contributed by atoms with Crippen LogP contribution in [0.15, 0.2) is 24.1 Å². The third-order valence-corrected chi connectivity index (χ3v) is 3.38. The molecule has 0 aliphatic heterocycles. The van der Waals surface area contributed by atoms with Gasteiger partial charge in [0.2, 0.25) is 0 Å². The van der Waals surface area contributed by atoms with Crippen molar-refractivity contribution in [3.8, 4) is 0 Å². The molecule has 0 aromatic carbocycles. The van der Waals surface area contributed by atoms with Crippen molar-refractivity contribution in [2.24, 2.45) is 0 Å². The van der Waals surface area contributed by atoms with E-state index in [4.69, 9.17) is 0 Å². The predicted octanol–water partition coefficient (Wildman–Crippen LogP) is 2.09. The fraction of sp³-hybridized carbons (Fsp3) is 0.364. The Bertz CT molecular complexity index is 440. The van der Waals surface area contributed by atoms with E-state index >= 15 is 0 Å². The molecular formula is C11H14N4S. The number of nitrogens with zero attached hydrogens (tertiary/aromatic N) is 3. The van der Waals surface area contributed by atoms with Crippen LogP contribution in [-0.2, 0) is 6.54 Å². The van der Waals surface area contributed by atoms with Crippen molar-refractivity contribution in [2.75, 3.05) is 0 Å². The van der Waals surface area contributed by atoms with Crippen LogP contribution >= 0.6 is 11.3 Å². The lowest BCUT2D eigenvalue weighted by Crippen LogP contribution is -2.19. The van der Waals surface area contributed by atoms with Crippen molar-refractivity contribution in [2.45, 2.75) is 26.4 Å². The molecule has 2 aromatic rings. The quantitative estimate of drug-likeness (QED) is 0.880. The highest BCUT2D eigenvalue weighted by atomic mass is 32.1. The SMILES string of the molecule is Cc1ncsc1CNC(C)c1cnccn1. The van der Waals surface area contributed by atoms with Gasteiger partial charge in [-0.05, 0) is 13.8 Å². The Kier molecular flexibility index (Phi) is 3.58. The molecule has 0 radical (unpaired) electrons. The number of rotatable bonds is 4. The standard InChI is InChI=1S/C11H14N4S/c1-8(10-5-12-3-4-13-10)14-6-11-9(2)15-7-16-11/h3-5,7-8,14H,6H2,1-2H3. The van der Waals surface area contributed by atoms with E-state index in [1.54, 1.807) is 29.9 Å². The molecule has 0 bridgehead atoms. The van der Waals surface area contributed by atoms with Gasteiger partial charge in [-0.2, -0.15) is 0 Å². The minimum Gasteiger partial charge on any atom is -0.304 e. The van der Waals surface area contributed by atoms with Gasteiger partial charge < -0.3 is 5.32 Å². The highest BCUT2D eigenvalue weighted by Crippen LogP contribution is 2.14. The summed E-state index contributed by atoms with van der Waals surface area (Å²) < 4.78 is 0. The van der Waals surface area contributed by atoms with Crippen molar-refractivity contribution >= 4 is 11.3 Å². The van der Waals surface area contributed by atoms with Crippen LogP contribution in [0.2, 0.25) is 0 Å². The van der Waals surface area contributed by atoms with Crippen molar-refractivity contribution in [3.05, 3.63) is 40.4 Å². The summed E-state index contributed by atoms with van der Waals surface area (Å²) in [6.45, 7) is 4.94. The molecule has 1 atom stereocenters. The van der Waals surface area contributed by atoms with Gasteiger partial charge >= 0.3 is 0 Å². The van der Waals surface area contributed by atoms with E-state index in [1.165, 1.54) is 4.88 Å². The fourth-order valence-electron chi connectivity index (χ4n) is 1.38. The van der Waals surface area contributed by atoms with E-state index in [0.29, 0.717) is 0 Å². The van der Waals surface area contributed by atoms with Crippen molar-refractivity contribution in [1.29, 1.82) is 0 Å². The van der Waals surface area contributed by atoms with E-state index in [2.05, 4.69) is 27.2 Å². The van der Waals surface area contributed by atoms with Crippen LogP contribution in [0.25, 0.3) is 0 Å². The van der Waals surface area contributed by atoms with Gasteiger partial charge in [-0.25, -0.2) is 4.98 Å². The Hall–Kier alpha value is -1.33. The smallest absolute Gasteiger partial charge is 0.0798 e. The van der Waals surface area contributed by atoms with Gasteiger partial charge in [-0.3, -0.25) is 9.97 Å². The number of hydrogen-bond acceptors (Lipinski definition) is 5. The number of thiazole rings is 1. The number of nitrogens with one attached hydrogen (secondary N) is 1. The maximum absolute atomic E-state index is 4.26. The van der Waals surface area contributed by atoms with Gasteiger partial charge in [-0.1, -0.05) is 0 Å². The first kappa shape index (κ1) is 11.2. The van der Waals surface area contributed by atoms with Crippen LogP contribution in [0.4, 0.5) is 0 Å². The maximum Gasteiger partial charge on any atom is 0.0798 e. The molecule has 1 N–H and O–H groups in total. The Morgan fingerprint density at radius 3 is 2.88 bits per heavy atom. The molecule has 2 rings (SSSR count). The first-order chi connectivity index (χ1) is 7.77. The van der Waals surface area contributed by atoms with Gasteiger partial charge in [0, 0.05) is 36.1 Å². The minimum atomic E-state index is 0.204. The number of aromatic nitrogens is 3. The van der Waals surface area contributed by atoms with E-state index in [0.717, 1.165) is 17.9 Å². The van der Waals surface area contributed by atoms with Crippen LogP contribution < -0.4 is 5.32 Å². The second kappa shape index (κ2) is 5.14. The summed E-state index contributed by atoms with van der Waals surface area (Å²) in [4.78, 5) is 13.8. The topological polar surface area (TPSA) is 50.7 Å². The zero-order valence-corrected chi connectivity index (χ0v) is 10.2. The molecule has 2 aromatic heterocycles. The summed E-state index contributed by atoms with van der Waals surface area (Å²) in [6, 6.07) is 0.204. The average Bonchev–Trinajstić information content (AvgIpc) is 2.73. The van der Waals surface area contributed by atoms with Gasteiger partial charge in [0.15, 0.2) is 0 Å². The molecule has 0 aliphatic carbocycles. The predicted molar refractivity (Wildman–Crippen MR) is 64.1 cm³/mol. The molecule has 0 spiro atoms. The van der Waals surface area contributed by atoms with Crippen LogP contribution in [0, 0.1) is 6.92 Å². The highest BCUT2D eigenvalue weighted by molar-refractivity contribution is 7.09. The van der Waals surface area contributed by atoms with Gasteiger partial charge in [0.25, 0.3) is 0 Å². The van der Waals surface area contributed by atoms with Crippen molar-refractivity contribution in [3.63, 3.8) is 0 Å². The Labute approximate surface area is 98.8 Å². The van der Waals surface area contributed by atoms with Crippen LogP contribution in [-0.4, -0.2) is 15.0 Å². The molecule has 0 saturated carbocycles. The summed E-state index contributed by atoms with van der Waals surface area (Å²) in [5, 5.41) is 3.41. The third-order valence-electron chi connectivity index (χ3n) is 2.44. The molecule has 5 heteroatoms. The third kappa shape index (κ3) is 2.62. The highest BCUT2D eigenvalue weighted by Gasteiger charge is 2.07. The lowest BCUT2D eigenvalue weighted by molar-refractivity contribution is 0.561. The first-order valence-corrected chi connectivity index (χ1v) is 6.03. The largest absolute Gasteiger partial charge is 0.304 e. The summed E-state index contributed by atoms with van der Waals surface area (Å²) in [6.07, 6.45) is 5.19. The molecular weight excluding hydrogens is 220 g/mol. The molecule has 0 fully saturated rings. The lowest BCUT2D eigenvalue weighted by Gasteiger charge is -2.11. The van der Waals surface area contributed by atoms with Crippen LogP contribution in [0.1, 0.15) is 29.2 Å². The monoisotopic (exact) mass is 234 g/mol. The van der Waals surface area contributed by atoms with Gasteiger partial charge in [0.05, 0.1) is 16.9 Å². The molecule has 16 heavy (non-hydrogen) atoms. The Morgan fingerprint density at radius 2 is 2.25 bits per heavy atom. The minimum absolute atomic E-state index is 0.204. The number of aryl methyl sites for hydroxylation is 1. The van der Waals surface area contributed by atoms with Crippen LogP contribution in [0.3, 0.4) is 0 Å². The first-order valence-electron chi connectivity index (χ1n) is 5.15. The van der Waals surface area contributed by atoms with Crippen molar-refractivity contribution in [1.82, 2.24) is 20.3 Å². The second-order valence-electron chi connectivity index (χ2n) is 3.59. The fourth-order valence-corrected chi connectivity index (χ4v) is 2.11.